The average Bonchev–Trinajstić information content (AvgIpc) is 2.70. The third kappa shape index (κ3) is 9.38. The van der Waals surface area contributed by atoms with Gasteiger partial charge in [0, 0.05) is 35.5 Å². The Hall–Kier alpha value is -2.67. The summed E-state index contributed by atoms with van der Waals surface area (Å²) in [4.78, 5) is 17.7. The molecule has 0 aliphatic heterocycles. The molecule has 0 aliphatic carbocycles. The van der Waals surface area contributed by atoms with Crippen LogP contribution in [0.4, 0.5) is 10.5 Å². The molecule has 0 aliphatic rings. The summed E-state index contributed by atoms with van der Waals surface area (Å²) >= 11 is 1.82. The van der Waals surface area contributed by atoms with Crippen molar-refractivity contribution < 1.29 is 4.79 Å². The Kier molecular flexibility index (Phi) is 9.92. The second-order valence-electron chi connectivity index (χ2n) is 6.73. The van der Waals surface area contributed by atoms with E-state index in [1.807, 2.05) is 55.9 Å². The first-order valence-electron chi connectivity index (χ1n) is 9.93. The molecule has 2 rings (SSSR count). The van der Waals surface area contributed by atoms with Crippen LogP contribution in [0.3, 0.4) is 0 Å². The van der Waals surface area contributed by atoms with Crippen LogP contribution in [0.25, 0.3) is 0 Å². The monoisotopic (exact) mass is 413 g/mol. The number of hydrogen-bond acceptors (Lipinski definition) is 3. The molecule has 7 heteroatoms. The third-order valence-electron chi connectivity index (χ3n) is 3.80. The summed E-state index contributed by atoms with van der Waals surface area (Å²) < 4.78 is 0. The third-order valence-corrected chi connectivity index (χ3v) is 4.82. The molecular formula is C22H31N5OS. The fourth-order valence-corrected chi connectivity index (χ4v) is 3.28. The number of nitrogens with zero attached hydrogens (tertiary/aromatic N) is 1. The highest BCUT2D eigenvalue weighted by atomic mass is 32.2. The van der Waals surface area contributed by atoms with Gasteiger partial charge in [0.05, 0.1) is 6.54 Å². The van der Waals surface area contributed by atoms with Gasteiger partial charge in [-0.25, -0.2) is 9.79 Å². The largest absolute Gasteiger partial charge is 0.357 e. The summed E-state index contributed by atoms with van der Waals surface area (Å²) in [5.74, 6) is 1.77. The molecule has 29 heavy (non-hydrogen) atoms. The minimum Gasteiger partial charge on any atom is -0.357 e. The standard InChI is InChI=1S/C22H31N5OS/c1-4-23-21(24-14-15-29-20-8-6-5-7-9-20)25-16-18-10-12-19(13-11-18)27-22(28)26-17(2)3/h5-13,17H,4,14-16H2,1-3H3,(H2,23,24,25)(H2,26,27,28). The Labute approximate surface area is 178 Å². The number of hydrogen-bond donors (Lipinski definition) is 4. The van der Waals surface area contributed by atoms with E-state index in [0.717, 1.165) is 36.1 Å². The Morgan fingerprint density at radius 1 is 1.03 bits per heavy atom. The van der Waals surface area contributed by atoms with E-state index < -0.39 is 0 Å². The molecule has 0 heterocycles. The minimum atomic E-state index is -0.197. The molecule has 0 saturated heterocycles. The predicted octanol–water partition coefficient (Wildman–Crippen LogP) is 4.06. The van der Waals surface area contributed by atoms with Gasteiger partial charge in [-0.1, -0.05) is 30.3 Å². The van der Waals surface area contributed by atoms with Gasteiger partial charge in [-0.3, -0.25) is 0 Å². The molecule has 0 saturated carbocycles. The second kappa shape index (κ2) is 12.7. The maximum absolute atomic E-state index is 11.7. The number of guanidine groups is 1. The summed E-state index contributed by atoms with van der Waals surface area (Å²) in [6, 6.07) is 18.0. The quantitative estimate of drug-likeness (QED) is 0.216. The normalized spacial score (nSPS) is 11.2. The summed E-state index contributed by atoms with van der Waals surface area (Å²) in [5.41, 5.74) is 1.84. The molecule has 0 unspecified atom stereocenters. The smallest absolute Gasteiger partial charge is 0.319 e. The van der Waals surface area contributed by atoms with Crippen LogP contribution in [0, 0.1) is 0 Å². The number of anilines is 1. The van der Waals surface area contributed by atoms with Crippen LogP contribution < -0.4 is 21.3 Å². The lowest BCUT2D eigenvalue weighted by atomic mass is 10.2. The highest BCUT2D eigenvalue weighted by Gasteiger charge is 2.03. The maximum atomic E-state index is 11.7. The van der Waals surface area contributed by atoms with Gasteiger partial charge >= 0.3 is 6.03 Å². The van der Waals surface area contributed by atoms with Gasteiger partial charge in [-0.05, 0) is 50.6 Å². The molecule has 2 amide bonds. The number of benzene rings is 2. The lowest BCUT2D eigenvalue weighted by Gasteiger charge is -2.12. The van der Waals surface area contributed by atoms with Gasteiger partial charge in [0.15, 0.2) is 5.96 Å². The van der Waals surface area contributed by atoms with Crippen LogP contribution in [0.15, 0.2) is 64.5 Å². The first-order valence-corrected chi connectivity index (χ1v) is 10.9. The molecular weight excluding hydrogens is 382 g/mol. The lowest BCUT2D eigenvalue weighted by molar-refractivity contribution is 0.250. The van der Waals surface area contributed by atoms with Crippen molar-refractivity contribution in [3.05, 3.63) is 60.2 Å². The SMILES string of the molecule is CCNC(=NCc1ccc(NC(=O)NC(C)C)cc1)NCCSc1ccccc1. The first kappa shape index (κ1) is 22.6. The van der Waals surface area contributed by atoms with E-state index in [2.05, 4.69) is 57.4 Å². The molecule has 6 nitrogen and oxygen atoms in total. The van der Waals surface area contributed by atoms with Crippen molar-refractivity contribution in [2.75, 3.05) is 24.2 Å². The van der Waals surface area contributed by atoms with Gasteiger partial charge in [0.1, 0.15) is 0 Å². The van der Waals surface area contributed by atoms with E-state index in [0.29, 0.717) is 6.54 Å². The number of aliphatic imine (C=N–C) groups is 1. The Balaban J connectivity index is 1.80. The predicted molar refractivity (Wildman–Crippen MR) is 124 cm³/mol. The van der Waals surface area contributed by atoms with Crippen LogP contribution in [0.2, 0.25) is 0 Å². The van der Waals surface area contributed by atoms with E-state index >= 15 is 0 Å². The highest BCUT2D eigenvalue weighted by molar-refractivity contribution is 7.99. The zero-order valence-corrected chi connectivity index (χ0v) is 18.2. The molecule has 156 valence electrons. The molecule has 0 aromatic heterocycles. The van der Waals surface area contributed by atoms with Gasteiger partial charge in [-0.2, -0.15) is 0 Å². The summed E-state index contributed by atoms with van der Waals surface area (Å²) in [6.45, 7) is 8.12. The topological polar surface area (TPSA) is 77.5 Å². The van der Waals surface area contributed by atoms with Crippen molar-refractivity contribution in [3.63, 3.8) is 0 Å². The fraction of sp³-hybridized carbons (Fsp3) is 0.364. The zero-order chi connectivity index (χ0) is 20.9. The van der Waals surface area contributed by atoms with E-state index in [4.69, 9.17) is 0 Å². The minimum absolute atomic E-state index is 0.103. The van der Waals surface area contributed by atoms with Crippen LogP contribution >= 0.6 is 11.8 Å². The Bertz CT molecular complexity index is 763. The highest BCUT2D eigenvalue weighted by Crippen LogP contribution is 2.15. The van der Waals surface area contributed by atoms with Gasteiger partial charge in [0.2, 0.25) is 0 Å². The van der Waals surface area contributed by atoms with Crippen LogP contribution in [-0.4, -0.2) is 36.9 Å². The van der Waals surface area contributed by atoms with Crippen LogP contribution in [0.1, 0.15) is 26.3 Å². The lowest BCUT2D eigenvalue weighted by Crippen LogP contribution is -2.38. The first-order chi connectivity index (χ1) is 14.1. The number of amides is 2. The number of urea groups is 1. The summed E-state index contributed by atoms with van der Waals surface area (Å²) in [6.07, 6.45) is 0. The molecule has 0 bridgehead atoms. The van der Waals surface area contributed by atoms with E-state index in [-0.39, 0.29) is 12.1 Å². The summed E-state index contributed by atoms with van der Waals surface area (Å²) in [5, 5.41) is 12.3. The molecule has 0 radical (unpaired) electrons. The van der Waals surface area contributed by atoms with Gasteiger partial charge in [0.25, 0.3) is 0 Å². The number of carbonyl (C=O) groups excluding carboxylic acids is 1. The second-order valence-corrected chi connectivity index (χ2v) is 7.90. The number of thioether (sulfide) groups is 1. The average molecular weight is 414 g/mol. The molecule has 2 aromatic rings. The van der Waals surface area contributed by atoms with E-state index in [1.54, 1.807) is 0 Å². The van der Waals surface area contributed by atoms with Crippen molar-refractivity contribution in [1.82, 2.24) is 16.0 Å². The zero-order valence-electron chi connectivity index (χ0n) is 17.4. The molecule has 0 fully saturated rings. The fourth-order valence-electron chi connectivity index (χ4n) is 2.49. The van der Waals surface area contributed by atoms with Crippen molar-refractivity contribution in [1.29, 1.82) is 0 Å². The van der Waals surface area contributed by atoms with E-state index in [9.17, 15) is 4.79 Å². The molecule has 2 aromatic carbocycles. The molecule has 0 atom stereocenters. The Morgan fingerprint density at radius 3 is 2.41 bits per heavy atom. The van der Waals surface area contributed by atoms with Crippen molar-refractivity contribution in [2.24, 2.45) is 4.99 Å². The van der Waals surface area contributed by atoms with Crippen molar-refractivity contribution >= 4 is 29.4 Å². The molecule has 4 N–H and O–H groups in total. The van der Waals surface area contributed by atoms with Gasteiger partial charge in [-0.15, -0.1) is 11.8 Å². The molecule has 0 spiro atoms. The van der Waals surface area contributed by atoms with Gasteiger partial charge < -0.3 is 21.3 Å². The van der Waals surface area contributed by atoms with Crippen molar-refractivity contribution in [3.8, 4) is 0 Å². The number of rotatable bonds is 9. The van der Waals surface area contributed by atoms with Crippen LogP contribution in [0.5, 0.6) is 0 Å². The van der Waals surface area contributed by atoms with Crippen LogP contribution in [-0.2, 0) is 6.54 Å². The summed E-state index contributed by atoms with van der Waals surface area (Å²) in [7, 11) is 0. The van der Waals surface area contributed by atoms with Crippen molar-refractivity contribution in [2.45, 2.75) is 38.3 Å². The van der Waals surface area contributed by atoms with E-state index in [1.165, 1.54) is 4.90 Å². The maximum Gasteiger partial charge on any atom is 0.319 e. The number of nitrogens with one attached hydrogen (secondary N) is 4. The number of carbonyl (C=O) groups is 1. The Morgan fingerprint density at radius 2 is 1.76 bits per heavy atom.